The number of hydrogen-bond acceptors (Lipinski definition) is 0. The van der Waals surface area contributed by atoms with Crippen LogP contribution in [-0.4, -0.2) is 4.61 Å². The number of halogens is 1. The van der Waals surface area contributed by atoms with Gasteiger partial charge in [-0.25, -0.2) is 0 Å². The molecule has 0 spiro atoms. The Morgan fingerprint density at radius 2 is 1.67 bits per heavy atom. The number of hydrogen-bond donors (Lipinski definition) is 0. The summed E-state index contributed by atoms with van der Waals surface area (Å²) in [4.78, 5) is 0. The van der Waals surface area contributed by atoms with Gasteiger partial charge in [0.2, 0.25) is 0 Å². The predicted octanol–water partition coefficient (Wildman–Crippen LogP) is 1.81. The predicted molar refractivity (Wildman–Crippen MR) is 38.9 cm³/mol. The molecule has 9 heavy (non-hydrogen) atoms. The van der Waals surface area contributed by atoms with E-state index in [0.29, 0.717) is 0 Å². The van der Waals surface area contributed by atoms with Crippen molar-refractivity contribution in [3.8, 4) is 0 Å². The Morgan fingerprint density at radius 3 is 2.00 bits per heavy atom. The van der Waals surface area contributed by atoms with Crippen LogP contribution in [0.4, 0.5) is 0 Å². The van der Waals surface area contributed by atoms with Gasteiger partial charge in [0.15, 0.2) is 0 Å². The topological polar surface area (TPSA) is 0 Å². The summed E-state index contributed by atoms with van der Waals surface area (Å²) in [6.07, 6.45) is 0. The van der Waals surface area contributed by atoms with Crippen molar-refractivity contribution in [3.05, 3.63) is 35.9 Å². The molecule has 0 saturated carbocycles. The first-order chi connectivity index (χ1) is 3.93. The van der Waals surface area contributed by atoms with Gasteiger partial charge < -0.3 is 0 Å². The van der Waals surface area contributed by atoms with Crippen LogP contribution in [0.2, 0.25) is 0 Å². The van der Waals surface area contributed by atoms with E-state index in [4.69, 9.17) is 0 Å². The van der Waals surface area contributed by atoms with Crippen LogP contribution in [0.1, 0.15) is 5.56 Å². The summed E-state index contributed by atoms with van der Waals surface area (Å²) in [5.41, 5.74) is 1.25. The van der Waals surface area contributed by atoms with E-state index in [1.807, 2.05) is 22.8 Å². The first kappa shape index (κ1) is 9.00. The van der Waals surface area contributed by atoms with Gasteiger partial charge in [0, 0.05) is 0 Å². The van der Waals surface area contributed by atoms with Crippen molar-refractivity contribution in [2.24, 2.45) is 0 Å². The molecule has 1 aromatic rings. The maximum absolute atomic E-state index is 2.48. The van der Waals surface area contributed by atoms with E-state index < -0.39 is 0 Å². The molecule has 0 aromatic heterocycles. The van der Waals surface area contributed by atoms with Crippen molar-refractivity contribution in [1.29, 1.82) is 0 Å². The van der Waals surface area contributed by atoms with Gasteiger partial charge in [0.05, 0.1) is 0 Å². The molecule has 1 aromatic carbocycles. The third kappa shape index (κ3) is 2.88. The van der Waals surface area contributed by atoms with Crippen molar-refractivity contribution in [2.45, 2.75) is 0 Å². The molecule has 0 heterocycles. The Hall–Kier alpha value is 0.00338. The van der Waals surface area contributed by atoms with Gasteiger partial charge in [-0.2, -0.15) is 0 Å². The fraction of sp³-hybridized carbons (Fsp3) is 0. The monoisotopic (exact) mass is 228 g/mol. The molecule has 0 unspecified atom stereocenters. The van der Waals surface area contributed by atoms with Crippen LogP contribution in [0.5, 0.6) is 0 Å². The summed E-state index contributed by atoms with van der Waals surface area (Å²) in [5, 5.41) is 0. The van der Waals surface area contributed by atoms with Crippen LogP contribution in [0.25, 0.3) is 0 Å². The van der Waals surface area contributed by atoms with Crippen molar-refractivity contribution in [1.82, 2.24) is 0 Å². The molecule has 2 heteroatoms. The standard InChI is InChI=1S/C7H6.ClH.Ru/c1-7-5-3-2-4-6-7;;/h1-6H;1H;. The molecule has 0 N–H and O–H groups in total. The van der Waals surface area contributed by atoms with Crippen molar-refractivity contribution < 1.29 is 17.9 Å². The molecular formula is C7H7ClRu. The Kier molecular flexibility index (Phi) is 4.84. The van der Waals surface area contributed by atoms with Crippen LogP contribution < -0.4 is 0 Å². The maximum atomic E-state index is 2.48. The molecular weight excluding hydrogens is 221 g/mol. The number of benzene rings is 1. The quantitative estimate of drug-likeness (QED) is 0.642. The zero-order chi connectivity index (χ0) is 5.82. The fourth-order valence-corrected chi connectivity index (χ4v) is 0.856. The van der Waals surface area contributed by atoms with Gasteiger partial charge in [0.25, 0.3) is 0 Å². The third-order valence-electron chi connectivity index (χ3n) is 0.917. The first-order valence-electron chi connectivity index (χ1n) is 2.40. The van der Waals surface area contributed by atoms with Gasteiger partial charge in [0.1, 0.15) is 0 Å². The van der Waals surface area contributed by atoms with Crippen LogP contribution >= 0.6 is 12.4 Å². The second-order valence-corrected chi connectivity index (χ2v) is 2.01. The van der Waals surface area contributed by atoms with E-state index in [2.05, 4.69) is 30.0 Å². The van der Waals surface area contributed by atoms with Gasteiger partial charge >= 0.3 is 58.4 Å². The van der Waals surface area contributed by atoms with Gasteiger partial charge in [-0.1, -0.05) is 0 Å². The molecule has 0 amide bonds. The van der Waals surface area contributed by atoms with Gasteiger partial charge in [-0.05, 0) is 0 Å². The van der Waals surface area contributed by atoms with Crippen LogP contribution in [0, 0.1) is 0 Å². The minimum absolute atomic E-state index is 0. The Balaban J connectivity index is 0.000000640. The molecule has 0 nitrogen and oxygen atoms in total. The molecule has 0 aliphatic carbocycles. The zero-order valence-corrected chi connectivity index (χ0v) is 7.28. The summed E-state index contributed by atoms with van der Waals surface area (Å²) < 4.78 is 2.01. The summed E-state index contributed by atoms with van der Waals surface area (Å²) in [6.45, 7) is 0. The molecule has 0 saturated heterocycles. The van der Waals surface area contributed by atoms with Gasteiger partial charge in [-0.3, -0.25) is 0 Å². The SMILES string of the molecule is Cl.[Ru]=[CH]c1ccccc1. The fourth-order valence-electron chi connectivity index (χ4n) is 0.521. The summed E-state index contributed by atoms with van der Waals surface area (Å²) in [6, 6.07) is 10.2. The zero-order valence-electron chi connectivity index (χ0n) is 4.73. The molecule has 0 aliphatic rings. The van der Waals surface area contributed by atoms with Crippen molar-refractivity contribution >= 4 is 17.0 Å². The Morgan fingerprint density at radius 1 is 1.11 bits per heavy atom. The van der Waals surface area contributed by atoms with E-state index in [0.717, 1.165) is 0 Å². The average Bonchev–Trinajstić information content (AvgIpc) is 1.90. The average molecular weight is 228 g/mol. The summed E-state index contributed by atoms with van der Waals surface area (Å²) in [7, 11) is 0. The van der Waals surface area contributed by atoms with Gasteiger partial charge in [-0.15, -0.1) is 12.4 Å². The van der Waals surface area contributed by atoms with Crippen LogP contribution in [0.15, 0.2) is 30.3 Å². The first-order valence-corrected chi connectivity index (χ1v) is 3.41. The molecule has 50 valence electrons. The number of rotatable bonds is 1. The van der Waals surface area contributed by atoms with Crippen molar-refractivity contribution in [2.75, 3.05) is 0 Å². The van der Waals surface area contributed by atoms with E-state index >= 15 is 0 Å². The summed E-state index contributed by atoms with van der Waals surface area (Å²) >= 11 is 2.48. The van der Waals surface area contributed by atoms with E-state index in [1.165, 1.54) is 5.56 Å². The molecule has 0 radical (unpaired) electrons. The van der Waals surface area contributed by atoms with Crippen LogP contribution in [0.3, 0.4) is 0 Å². The summed E-state index contributed by atoms with van der Waals surface area (Å²) in [5.74, 6) is 0. The molecule has 1 rings (SSSR count). The molecule has 0 fully saturated rings. The van der Waals surface area contributed by atoms with E-state index in [1.54, 1.807) is 0 Å². The molecule has 0 atom stereocenters. The van der Waals surface area contributed by atoms with Crippen molar-refractivity contribution in [3.63, 3.8) is 0 Å². The Labute approximate surface area is 70.9 Å². The van der Waals surface area contributed by atoms with E-state index in [-0.39, 0.29) is 12.4 Å². The molecule has 0 bridgehead atoms. The minimum atomic E-state index is 0. The molecule has 0 aliphatic heterocycles. The third-order valence-corrected chi connectivity index (χ3v) is 1.50. The second-order valence-electron chi connectivity index (χ2n) is 1.51. The second kappa shape index (κ2) is 4.84. The van der Waals surface area contributed by atoms with Crippen LogP contribution in [-0.2, 0) is 17.9 Å². The normalized spacial score (nSPS) is 7.67. The van der Waals surface area contributed by atoms with E-state index in [9.17, 15) is 0 Å². The Bertz CT molecular complexity index is 172.